The fourth-order valence-electron chi connectivity index (χ4n) is 3.15. The van der Waals surface area contributed by atoms with Gasteiger partial charge in [-0.2, -0.15) is 0 Å². The minimum Gasteiger partial charge on any atom is -0.504 e. The van der Waals surface area contributed by atoms with Crippen LogP contribution in [0.15, 0.2) is 45.6 Å². The van der Waals surface area contributed by atoms with Gasteiger partial charge in [-0.25, -0.2) is 0 Å². The highest BCUT2D eigenvalue weighted by Crippen LogP contribution is 2.35. The van der Waals surface area contributed by atoms with Gasteiger partial charge >= 0.3 is 0 Å². The van der Waals surface area contributed by atoms with Gasteiger partial charge in [-0.3, -0.25) is 9.59 Å². The molecule has 4 rings (SSSR count). The predicted octanol–water partition coefficient (Wildman–Crippen LogP) is 2.65. The highest BCUT2D eigenvalue weighted by molar-refractivity contribution is 5.99. The van der Waals surface area contributed by atoms with E-state index < -0.39 is 11.9 Å². The summed E-state index contributed by atoms with van der Waals surface area (Å²) in [5.74, 6) is -0.164. The number of nitrogens with one attached hydrogen (secondary N) is 1. The number of aromatic hydroxyl groups is 1. The number of carbonyl (C=O) groups excluding carboxylic acids is 1. The van der Waals surface area contributed by atoms with Crippen LogP contribution in [0.3, 0.4) is 0 Å². The Labute approximate surface area is 142 Å². The van der Waals surface area contributed by atoms with E-state index in [4.69, 9.17) is 9.15 Å². The molecule has 0 saturated carbocycles. The molecule has 3 aromatic rings. The molecule has 1 atom stereocenters. The van der Waals surface area contributed by atoms with Gasteiger partial charge in [-0.1, -0.05) is 17.7 Å². The Morgan fingerprint density at radius 2 is 1.96 bits per heavy atom. The number of phenols is 1. The van der Waals surface area contributed by atoms with E-state index in [1.54, 1.807) is 24.3 Å². The molecule has 6 heteroatoms. The summed E-state index contributed by atoms with van der Waals surface area (Å²) in [5.41, 5.74) is 1.97. The smallest absolute Gasteiger partial charge is 0.288 e. The van der Waals surface area contributed by atoms with Gasteiger partial charge in [0.25, 0.3) is 5.91 Å². The van der Waals surface area contributed by atoms with Crippen molar-refractivity contribution >= 4 is 16.9 Å². The second-order valence-electron chi connectivity index (χ2n) is 6.01. The highest BCUT2D eigenvalue weighted by Gasteiger charge is 2.36. The summed E-state index contributed by atoms with van der Waals surface area (Å²) >= 11 is 0. The lowest BCUT2D eigenvalue weighted by molar-refractivity contribution is 0.0938. The van der Waals surface area contributed by atoms with Crippen molar-refractivity contribution in [2.24, 2.45) is 0 Å². The first-order valence-corrected chi connectivity index (χ1v) is 7.74. The molecular formula is C19H15NO5. The minimum absolute atomic E-state index is 0.0167. The molecule has 6 nitrogen and oxygen atoms in total. The largest absolute Gasteiger partial charge is 0.504 e. The topological polar surface area (TPSA) is 88.8 Å². The van der Waals surface area contributed by atoms with Gasteiger partial charge in [0, 0.05) is 0 Å². The highest BCUT2D eigenvalue weighted by atomic mass is 16.5. The Kier molecular flexibility index (Phi) is 3.28. The number of ether oxygens (including phenoxy) is 1. The molecule has 126 valence electrons. The van der Waals surface area contributed by atoms with E-state index in [0.29, 0.717) is 16.5 Å². The molecule has 0 radical (unpaired) electrons. The van der Waals surface area contributed by atoms with Crippen LogP contribution in [-0.4, -0.2) is 18.1 Å². The lowest BCUT2D eigenvalue weighted by Crippen LogP contribution is -2.22. The molecule has 1 unspecified atom stereocenters. The number of hydrogen-bond acceptors (Lipinski definition) is 5. The molecule has 1 aliphatic rings. The third-order valence-electron chi connectivity index (χ3n) is 4.39. The normalized spacial score (nSPS) is 15.9. The van der Waals surface area contributed by atoms with Crippen molar-refractivity contribution in [2.45, 2.75) is 13.0 Å². The zero-order valence-electron chi connectivity index (χ0n) is 13.6. The van der Waals surface area contributed by atoms with E-state index in [9.17, 15) is 14.7 Å². The average molecular weight is 337 g/mol. The van der Waals surface area contributed by atoms with E-state index in [2.05, 4.69) is 5.32 Å². The van der Waals surface area contributed by atoms with E-state index in [-0.39, 0.29) is 28.3 Å². The SMILES string of the molecule is COc1cc(C2NC(=O)c3oc4ccc(C)cc4c(=O)c32)ccc1O. The Morgan fingerprint density at radius 3 is 2.72 bits per heavy atom. The van der Waals surface area contributed by atoms with Crippen LogP contribution in [-0.2, 0) is 0 Å². The first kappa shape index (κ1) is 15.3. The summed E-state index contributed by atoms with van der Waals surface area (Å²) in [6.07, 6.45) is 0. The van der Waals surface area contributed by atoms with Gasteiger partial charge in [0.2, 0.25) is 5.76 Å². The van der Waals surface area contributed by atoms with Crippen LogP contribution in [0.25, 0.3) is 11.0 Å². The van der Waals surface area contributed by atoms with Crippen LogP contribution in [0.1, 0.15) is 33.3 Å². The number of aryl methyl sites for hydroxylation is 1. The first-order valence-electron chi connectivity index (χ1n) is 7.74. The fraction of sp³-hybridized carbons (Fsp3) is 0.158. The molecule has 2 aromatic carbocycles. The molecule has 1 amide bonds. The Balaban J connectivity index is 1.96. The van der Waals surface area contributed by atoms with Gasteiger partial charge in [0.1, 0.15) is 5.58 Å². The first-order chi connectivity index (χ1) is 12.0. The van der Waals surface area contributed by atoms with Gasteiger partial charge < -0.3 is 19.6 Å². The van der Waals surface area contributed by atoms with Gasteiger partial charge in [-0.15, -0.1) is 0 Å². The molecule has 2 heterocycles. The van der Waals surface area contributed by atoms with E-state index in [1.165, 1.54) is 13.2 Å². The predicted molar refractivity (Wildman–Crippen MR) is 91.2 cm³/mol. The number of carbonyl (C=O) groups is 1. The molecule has 0 fully saturated rings. The second kappa shape index (κ2) is 5.37. The van der Waals surface area contributed by atoms with E-state index in [1.807, 2.05) is 13.0 Å². The average Bonchev–Trinajstić information content (AvgIpc) is 2.93. The summed E-state index contributed by atoms with van der Waals surface area (Å²) < 4.78 is 10.8. The van der Waals surface area contributed by atoms with E-state index in [0.717, 1.165) is 5.56 Å². The van der Waals surface area contributed by atoms with Crippen molar-refractivity contribution < 1.29 is 19.1 Å². The Morgan fingerprint density at radius 1 is 1.16 bits per heavy atom. The third kappa shape index (κ3) is 2.26. The van der Waals surface area contributed by atoms with Gasteiger partial charge in [0.05, 0.1) is 24.1 Å². The molecule has 1 aromatic heterocycles. The number of fused-ring (bicyclic) bond motifs is 2. The molecule has 1 aliphatic heterocycles. The van der Waals surface area contributed by atoms with Gasteiger partial charge in [0.15, 0.2) is 16.9 Å². The maximum atomic E-state index is 13.0. The van der Waals surface area contributed by atoms with Crippen LogP contribution in [0.4, 0.5) is 0 Å². The Bertz CT molecular complexity index is 1080. The van der Waals surface area contributed by atoms with Crippen LogP contribution < -0.4 is 15.5 Å². The van der Waals surface area contributed by atoms with E-state index >= 15 is 0 Å². The maximum absolute atomic E-state index is 13.0. The quantitative estimate of drug-likeness (QED) is 0.750. The van der Waals surface area contributed by atoms with Crippen LogP contribution >= 0.6 is 0 Å². The minimum atomic E-state index is -0.654. The summed E-state index contributed by atoms with van der Waals surface area (Å²) in [4.78, 5) is 25.3. The van der Waals surface area contributed by atoms with Crippen molar-refractivity contribution in [3.05, 3.63) is 69.1 Å². The number of hydrogen-bond donors (Lipinski definition) is 2. The maximum Gasteiger partial charge on any atom is 0.288 e. The molecule has 2 N–H and O–H groups in total. The van der Waals surface area contributed by atoms with Gasteiger partial charge in [-0.05, 0) is 36.8 Å². The van der Waals surface area contributed by atoms with Crippen molar-refractivity contribution in [3.8, 4) is 11.5 Å². The summed E-state index contributed by atoms with van der Waals surface area (Å²) in [5, 5.41) is 13.0. The molecule has 0 saturated heterocycles. The third-order valence-corrected chi connectivity index (χ3v) is 4.39. The summed E-state index contributed by atoms with van der Waals surface area (Å²) in [6.45, 7) is 1.89. The fourth-order valence-corrected chi connectivity index (χ4v) is 3.15. The van der Waals surface area contributed by atoms with Crippen LogP contribution in [0.2, 0.25) is 0 Å². The lowest BCUT2D eigenvalue weighted by atomic mass is 9.98. The number of rotatable bonds is 2. The molecule has 25 heavy (non-hydrogen) atoms. The van der Waals surface area contributed by atoms with Crippen LogP contribution in [0.5, 0.6) is 11.5 Å². The molecule has 0 bridgehead atoms. The summed E-state index contributed by atoms with van der Waals surface area (Å²) in [7, 11) is 1.44. The van der Waals surface area contributed by atoms with Crippen molar-refractivity contribution in [1.82, 2.24) is 5.32 Å². The van der Waals surface area contributed by atoms with Crippen molar-refractivity contribution in [1.29, 1.82) is 0 Å². The zero-order valence-corrected chi connectivity index (χ0v) is 13.6. The number of benzene rings is 2. The number of phenolic OH excluding ortho intramolecular Hbond substituents is 1. The molecule has 0 spiro atoms. The molecular weight excluding hydrogens is 322 g/mol. The number of amides is 1. The second-order valence-corrected chi connectivity index (χ2v) is 6.01. The lowest BCUT2D eigenvalue weighted by Gasteiger charge is -2.13. The zero-order chi connectivity index (χ0) is 17.7. The van der Waals surface area contributed by atoms with Crippen LogP contribution in [0, 0.1) is 6.92 Å². The van der Waals surface area contributed by atoms with Crippen molar-refractivity contribution in [3.63, 3.8) is 0 Å². The monoisotopic (exact) mass is 337 g/mol. The summed E-state index contributed by atoms with van der Waals surface area (Å²) in [6, 6.07) is 9.30. The Hall–Kier alpha value is -3.28. The standard InChI is InChI=1S/C19H15NO5/c1-9-3-6-13-11(7-9)17(22)15-16(20-19(23)18(15)25-13)10-4-5-12(21)14(8-10)24-2/h3-8,16,21H,1-2H3,(H,20,23). The number of methoxy groups -OCH3 is 1. The molecule has 0 aliphatic carbocycles. The van der Waals surface area contributed by atoms with Crippen molar-refractivity contribution in [2.75, 3.05) is 7.11 Å².